The van der Waals surface area contributed by atoms with Crippen molar-refractivity contribution in [1.29, 1.82) is 0 Å². The van der Waals surface area contributed by atoms with E-state index in [1.807, 2.05) is 42.6 Å². The number of hydrogen-bond acceptors (Lipinski definition) is 2. The van der Waals surface area contributed by atoms with Crippen LogP contribution in [0.5, 0.6) is 0 Å². The highest BCUT2D eigenvalue weighted by Crippen LogP contribution is 2.31. The first-order chi connectivity index (χ1) is 11.8. The van der Waals surface area contributed by atoms with Gasteiger partial charge in [-0.05, 0) is 29.7 Å². The minimum atomic E-state index is 0.387. The first-order valence-corrected chi connectivity index (χ1v) is 8.24. The van der Waals surface area contributed by atoms with Crippen molar-refractivity contribution in [3.05, 3.63) is 78.5 Å². The van der Waals surface area contributed by atoms with Crippen molar-refractivity contribution >= 4 is 11.0 Å². The summed E-state index contributed by atoms with van der Waals surface area (Å²) in [5.41, 5.74) is 4.38. The number of pyridine rings is 1. The van der Waals surface area contributed by atoms with Crippen LogP contribution in [0, 0.1) is 0 Å². The minimum Gasteiger partial charge on any atom is -0.276 e. The van der Waals surface area contributed by atoms with Crippen LogP contribution in [-0.4, -0.2) is 14.5 Å². The second-order valence-corrected chi connectivity index (χ2v) is 6.20. The average Bonchev–Trinajstić information content (AvgIpc) is 3.02. The van der Waals surface area contributed by atoms with Crippen molar-refractivity contribution in [2.45, 2.75) is 19.8 Å². The zero-order valence-corrected chi connectivity index (χ0v) is 13.8. The van der Waals surface area contributed by atoms with Crippen LogP contribution in [0.25, 0.3) is 28.2 Å². The molecule has 0 radical (unpaired) electrons. The van der Waals surface area contributed by atoms with E-state index in [2.05, 4.69) is 48.7 Å². The first kappa shape index (κ1) is 14.6. The van der Waals surface area contributed by atoms with Gasteiger partial charge < -0.3 is 0 Å². The fourth-order valence-electron chi connectivity index (χ4n) is 3.07. The van der Waals surface area contributed by atoms with Crippen LogP contribution in [-0.2, 0) is 0 Å². The number of benzene rings is 2. The van der Waals surface area contributed by atoms with Crippen LogP contribution in [0.4, 0.5) is 0 Å². The van der Waals surface area contributed by atoms with Crippen molar-refractivity contribution < 1.29 is 0 Å². The van der Waals surface area contributed by atoms with Gasteiger partial charge in [0.25, 0.3) is 0 Å². The van der Waals surface area contributed by atoms with E-state index in [0.717, 1.165) is 28.2 Å². The van der Waals surface area contributed by atoms with Gasteiger partial charge in [-0.25, -0.2) is 9.97 Å². The number of hydrogen-bond donors (Lipinski definition) is 0. The molecule has 3 nitrogen and oxygen atoms in total. The van der Waals surface area contributed by atoms with Gasteiger partial charge in [0.05, 0.1) is 11.0 Å². The summed E-state index contributed by atoms with van der Waals surface area (Å²) in [5.74, 6) is 2.27. The molecule has 4 aromatic rings. The normalized spacial score (nSPS) is 11.3. The molecule has 0 fully saturated rings. The summed E-state index contributed by atoms with van der Waals surface area (Å²) >= 11 is 0. The van der Waals surface area contributed by atoms with E-state index in [-0.39, 0.29) is 0 Å². The number of aromatic nitrogens is 3. The maximum absolute atomic E-state index is 4.88. The Labute approximate surface area is 141 Å². The molecule has 2 heterocycles. The van der Waals surface area contributed by atoms with E-state index < -0.39 is 0 Å². The van der Waals surface area contributed by atoms with Crippen LogP contribution in [0.1, 0.15) is 25.3 Å². The highest BCUT2D eigenvalue weighted by Gasteiger charge is 2.18. The molecule has 0 saturated heterocycles. The molecule has 2 aromatic carbocycles. The highest BCUT2D eigenvalue weighted by atomic mass is 15.1. The van der Waals surface area contributed by atoms with E-state index in [9.17, 15) is 0 Å². The zero-order chi connectivity index (χ0) is 16.5. The Hall–Kier alpha value is -2.94. The second kappa shape index (κ2) is 5.93. The molecule has 2 aromatic heterocycles. The molecule has 0 amide bonds. The summed E-state index contributed by atoms with van der Waals surface area (Å²) in [6.07, 6.45) is 1.85. The molecule has 0 aliphatic carbocycles. The fraction of sp³-hybridized carbons (Fsp3) is 0.143. The van der Waals surface area contributed by atoms with E-state index in [4.69, 9.17) is 9.97 Å². The molecule has 3 heteroatoms. The molecule has 0 bridgehead atoms. The standard InChI is InChI=1S/C21H19N3/c1-15(2)17-11-8-14-22-21(17)24-19-13-7-6-12-18(19)23-20(24)16-9-4-3-5-10-16/h3-15H,1-2H3. The number of para-hydroxylation sites is 2. The van der Waals surface area contributed by atoms with Gasteiger partial charge in [-0.1, -0.05) is 62.4 Å². The lowest BCUT2D eigenvalue weighted by atomic mass is 10.0. The average molecular weight is 313 g/mol. The highest BCUT2D eigenvalue weighted by molar-refractivity contribution is 5.83. The largest absolute Gasteiger partial charge is 0.276 e. The second-order valence-electron chi connectivity index (χ2n) is 6.20. The molecule has 0 N–H and O–H groups in total. The summed E-state index contributed by atoms with van der Waals surface area (Å²) in [6, 6.07) is 22.7. The SMILES string of the molecule is CC(C)c1cccnc1-n1c(-c2ccccc2)nc2ccccc21. The smallest absolute Gasteiger partial charge is 0.146 e. The van der Waals surface area contributed by atoms with Crippen LogP contribution in [0.15, 0.2) is 72.9 Å². The van der Waals surface area contributed by atoms with E-state index in [0.29, 0.717) is 5.92 Å². The summed E-state index contributed by atoms with van der Waals surface area (Å²) in [4.78, 5) is 9.58. The monoisotopic (exact) mass is 313 g/mol. The Bertz CT molecular complexity index is 984. The predicted molar refractivity (Wildman–Crippen MR) is 98.4 cm³/mol. The predicted octanol–water partition coefficient (Wildman–Crippen LogP) is 5.21. The summed E-state index contributed by atoms with van der Waals surface area (Å²) < 4.78 is 2.18. The number of rotatable bonds is 3. The molecule has 0 unspecified atom stereocenters. The number of fused-ring (bicyclic) bond motifs is 1. The molecule has 0 aliphatic rings. The van der Waals surface area contributed by atoms with Gasteiger partial charge in [0.1, 0.15) is 11.6 Å². The maximum atomic E-state index is 4.88. The van der Waals surface area contributed by atoms with Crippen molar-refractivity contribution in [2.24, 2.45) is 0 Å². The molecular weight excluding hydrogens is 294 g/mol. The van der Waals surface area contributed by atoms with E-state index in [1.54, 1.807) is 0 Å². The van der Waals surface area contributed by atoms with Crippen molar-refractivity contribution in [3.63, 3.8) is 0 Å². The first-order valence-electron chi connectivity index (χ1n) is 8.24. The third-order valence-corrected chi connectivity index (χ3v) is 4.24. The lowest BCUT2D eigenvalue weighted by Gasteiger charge is -2.15. The van der Waals surface area contributed by atoms with Gasteiger partial charge in [0.15, 0.2) is 0 Å². The lowest BCUT2D eigenvalue weighted by Crippen LogP contribution is -2.05. The lowest BCUT2D eigenvalue weighted by molar-refractivity contribution is 0.835. The van der Waals surface area contributed by atoms with E-state index >= 15 is 0 Å². The molecule has 0 aliphatic heterocycles. The Morgan fingerprint density at radius 1 is 0.833 bits per heavy atom. The molecule has 0 atom stereocenters. The van der Waals surface area contributed by atoms with Crippen LogP contribution >= 0.6 is 0 Å². The van der Waals surface area contributed by atoms with Crippen molar-refractivity contribution in [3.8, 4) is 17.2 Å². The summed E-state index contributed by atoms with van der Waals surface area (Å²) in [7, 11) is 0. The van der Waals surface area contributed by atoms with Gasteiger partial charge >= 0.3 is 0 Å². The Balaban J connectivity index is 2.08. The van der Waals surface area contributed by atoms with Gasteiger partial charge in [0, 0.05) is 11.8 Å². The maximum Gasteiger partial charge on any atom is 0.146 e. The van der Waals surface area contributed by atoms with Crippen LogP contribution < -0.4 is 0 Å². The van der Waals surface area contributed by atoms with E-state index in [1.165, 1.54) is 5.56 Å². The van der Waals surface area contributed by atoms with Gasteiger partial charge in [-0.15, -0.1) is 0 Å². The Morgan fingerprint density at radius 3 is 2.38 bits per heavy atom. The van der Waals surface area contributed by atoms with Gasteiger partial charge in [-0.3, -0.25) is 4.57 Å². The number of imidazole rings is 1. The summed E-state index contributed by atoms with van der Waals surface area (Å²) in [6.45, 7) is 4.39. The molecule has 24 heavy (non-hydrogen) atoms. The minimum absolute atomic E-state index is 0.387. The summed E-state index contributed by atoms with van der Waals surface area (Å²) in [5, 5.41) is 0. The van der Waals surface area contributed by atoms with Gasteiger partial charge in [-0.2, -0.15) is 0 Å². The molecule has 118 valence electrons. The molecule has 0 spiro atoms. The van der Waals surface area contributed by atoms with Crippen molar-refractivity contribution in [2.75, 3.05) is 0 Å². The zero-order valence-electron chi connectivity index (χ0n) is 13.8. The van der Waals surface area contributed by atoms with Crippen LogP contribution in [0.2, 0.25) is 0 Å². The Kier molecular flexibility index (Phi) is 3.62. The third-order valence-electron chi connectivity index (χ3n) is 4.24. The quantitative estimate of drug-likeness (QED) is 0.520. The van der Waals surface area contributed by atoms with Crippen LogP contribution in [0.3, 0.4) is 0 Å². The van der Waals surface area contributed by atoms with Gasteiger partial charge in [0.2, 0.25) is 0 Å². The topological polar surface area (TPSA) is 30.7 Å². The Morgan fingerprint density at radius 2 is 1.58 bits per heavy atom. The molecule has 0 saturated carbocycles. The molecular formula is C21H19N3. The van der Waals surface area contributed by atoms with Crippen molar-refractivity contribution in [1.82, 2.24) is 14.5 Å². The molecule has 4 rings (SSSR count). The third kappa shape index (κ3) is 2.38. The fourth-order valence-corrected chi connectivity index (χ4v) is 3.07. The number of nitrogens with zero attached hydrogens (tertiary/aromatic N) is 3.